The molecule has 4 nitrogen and oxygen atoms in total. The van der Waals surface area contributed by atoms with Crippen LogP contribution in [0.4, 0.5) is 5.82 Å². The van der Waals surface area contributed by atoms with Gasteiger partial charge in [-0.2, -0.15) is 0 Å². The average Bonchev–Trinajstić information content (AvgIpc) is 2.61. The summed E-state index contributed by atoms with van der Waals surface area (Å²) in [7, 11) is 4.06. The molecule has 0 spiro atoms. The number of aliphatic imine (C=N–C) groups is 1. The van der Waals surface area contributed by atoms with Gasteiger partial charge in [0.25, 0.3) is 0 Å². The van der Waals surface area contributed by atoms with Gasteiger partial charge in [-0.1, -0.05) is 13.3 Å². The van der Waals surface area contributed by atoms with Gasteiger partial charge >= 0.3 is 0 Å². The topological polar surface area (TPSA) is 41.4 Å². The normalized spacial score (nSPS) is 16.1. The summed E-state index contributed by atoms with van der Waals surface area (Å²) in [5, 5.41) is 0. The van der Waals surface area contributed by atoms with Gasteiger partial charge in [-0.05, 0) is 25.7 Å². The Morgan fingerprint density at radius 1 is 1.22 bits per heavy atom. The molecule has 1 aliphatic carbocycles. The van der Waals surface area contributed by atoms with E-state index in [1.165, 1.54) is 30.5 Å². The molecule has 0 radical (unpaired) electrons. The van der Waals surface area contributed by atoms with Crippen LogP contribution < -0.4 is 0 Å². The molecule has 0 atom stereocenters. The first kappa shape index (κ1) is 13.0. The first-order valence-corrected chi connectivity index (χ1v) is 6.80. The van der Waals surface area contributed by atoms with Gasteiger partial charge in [0.05, 0.1) is 0 Å². The first-order valence-electron chi connectivity index (χ1n) is 6.80. The summed E-state index contributed by atoms with van der Waals surface area (Å²) in [6.07, 6.45) is 8.47. The lowest BCUT2D eigenvalue weighted by Crippen LogP contribution is -2.20. The summed E-state index contributed by atoms with van der Waals surface area (Å²) in [6.45, 7) is 2.12. The standard InChI is InChI=1S/C14H22N4/c1-4-13(18(2)3)17-14-11-8-6-5-7-9-12(11)15-10-16-14/h10H,4-9H2,1-3H3. The molecule has 0 unspecified atom stereocenters. The molecule has 0 saturated heterocycles. The Kier molecular flexibility index (Phi) is 4.28. The van der Waals surface area contributed by atoms with Crippen molar-refractivity contribution in [2.24, 2.45) is 4.99 Å². The third kappa shape index (κ3) is 2.86. The summed E-state index contributed by atoms with van der Waals surface area (Å²) >= 11 is 0. The van der Waals surface area contributed by atoms with Crippen LogP contribution >= 0.6 is 0 Å². The van der Waals surface area contributed by atoms with Crippen LogP contribution in [-0.4, -0.2) is 34.8 Å². The van der Waals surface area contributed by atoms with Gasteiger partial charge in [-0.25, -0.2) is 15.0 Å². The summed E-state index contributed by atoms with van der Waals surface area (Å²) in [4.78, 5) is 15.6. The Bertz CT molecular complexity index is 437. The molecule has 0 aromatic carbocycles. The molecule has 1 aliphatic rings. The van der Waals surface area contributed by atoms with E-state index in [0.29, 0.717) is 0 Å². The molecule has 1 aromatic rings. The third-order valence-electron chi connectivity index (χ3n) is 3.42. The SMILES string of the molecule is CCC(=Nc1ncnc2c1CCCCC2)N(C)C. The Balaban J connectivity index is 2.39. The maximum Gasteiger partial charge on any atom is 0.160 e. The lowest BCUT2D eigenvalue weighted by Gasteiger charge is -2.15. The second-order valence-corrected chi connectivity index (χ2v) is 4.96. The number of hydrogen-bond acceptors (Lipinski definition) is 3. The van der Waals surface area contributed by atoms with Crippen LogP contribution in [0.3, 0.4) is 0 Å². The second kappa shape index (κ2) is 5.94. The molecule has 1 heterocycles. The monoisotopic (exact) mass is 246 g/mol. The average molecular weight is 246 g/mol. The highest BCUT2D eigenvalue weighted by Gasteiger charge is 2.14. The maximum atomic E-state index is 4.72. The lowest BCUT2D eigenvalue weighted by atomic mass is 10.1. The molecular formula is C14H22N4. The van der Waals surface area contributed by atoms with Crippen LogP contribution in [0.5, 0.6) is 0 Å². The van der Waals surface area contributed by atoms with Crippen LogP contribution in [0.15, 0.2) is 11.3 Å². The third-order valence-corrected chi connectivity index (χ3v) is 3.42. The molecule has 98 valence electrons. The summed E-state index contributed by atoms with van der Waals surface area (Å²) in [5.74, 6) is 1.95. The van der Waals surface area contributed by atoms with E-state index >= 15 is 0 Å². The van der Waals surface area contributed by atoms with Gasteiger partial charge < -0.3 is 4.90 Å². The molecule has 0 N–H and O–H groups in total. The quantitative estimate of drug-likeness (QED) is 0.458. The molecule has 4 heteroatoms. The van der Waals surface area contributed by atoms with Crippen LogP contribution in [0.1, 0.15) is 43.9 Å². The molecule has 1 aromatic heterocycles. The van der Waals surface area contributed by atoms with Crippen molar-refractivity contribution in [3.8, 4) is 0 Å². The fraction of sp³-hybridized carbons (Fsp3) is 0.643. The predicted octanol–water partition coefficient (Wildman–Crippen LogP) is 2.75. The van der Waals surface area contributed by atoms with E-state index in [1.54, 1.807) is 6.33 Å². The van der Waals surface area contributed by atoms with Crippen LogP contribution in [0.2, 0.25) is 0 Å². The highest BCUT2D eigenvalue weighted by atomic mass is 15.1. The fourth-order valence-corrected chi connectivity index (χ4v) is 2.39. The van der Waals surface area contributed by atoms with Crippen molar-refractivity contribution in [1.82, 2.24) is 14.9 Å². The number of aryl methyl sites for hydroxylation is 1. The minimum atomic E-state index is 0.882. The first-order chi connectivity index (χ1) is 8.72. The van der Waals surface area contributed by atoms with Crippen molar-refractivity contribution < 1.29 is 0 Å². The summed E-state index contributed by atoms with van der Waals surface area (Å²) in [6, 6.07) is 0. The highest BCUT2D eigenvalue weighted by molar-refractivity contribution is 5.84. The molecule has 0 saturated carbocycles. The Hall–Kier alpha value is -1.45. The molecule has 0 aliphatic heterocycles. The highest BCUT2D eigenvalue weighted by Crippen LogP contribution is 2.26. The number of rotatable bonds is 2. The van der Waals surface area contributed by atoms with Gasteiger partial charge in [0.1, 0.15) is 12.2 Å². The lowest BCUT2D eigenvalue weighted by molar-refractivity contribution is 0.607. The second-order valence-electron chi connectivity index (χ2n) is 4.96. The number of nitrogens with zero attached hydrogens (tertiary/aromatic N) is 4. The zero-order valence-corrected chi connectivity index (χ0v) is 11.6. The van der Waals surface area contributed by atoms with Gasteiger partial charge in [0.2, 0.25) is 0 Å². The fourth-order valence-electron chi connectivity index (χ4n) is 2.39. The van der Waals surface area contributed by atoms with E-state index in [2.05, 4.69) is 21.8 Å². The van der Waals surface area contributed by atoms with Crippen molar-refractivity contribution in [2.45, 2.75) is 45.4 Å². The Morgan fingerprint density at radius 2 is 2.00 bits per heavy atom. The minimum Gasteiger partial charge on any atom is -0.366 e. The molecule has 0 amide bonds. The van der Waals surface area contributed by atoms with E-state index in [9.17, 15) is 0 Å². The largest absolute Gasteiger partial charge is 0.366 e. The van der Waals surface area contributed by atoms with Crippen LogP contribution in [-0.2, 0) is 12.8 Å². The van der Waals surface area contributed by atoms with Crippen molar-refractivity contribution in [2.75, 3.05) is 14.1 Å². The van der Waals surface area contributed by atoms with Crippen molar-refractivity contribution in [3.05, 3.63) is 17.6 Å². The van der Waals surface area contributed by atoms with E-state index in [4.69, 9.17) is 4.99 Å². The van der Waals surface area contributed by atoms with Gasteiger partial charge in [0, 0.05) is 31.8 Å². The zero-order valence-electron chi connectivity index (χ0n) is 11.6. The molecule has 18 heavy (non-hydrogen) atoms. The van der Waals surface area contributed by atoms with E-state index in [1.807, 2.05) is 14.1 Å². The summed E-state index contributed by atoms with van der Waals surface area (Å²) < 4.78 is 0. The Labute approximate surface area is 109 Å². The number of aromatic nitrogens is 2. The van der Waals surface area contributed by atoms with Gasteiger partial charge in [-0.3, -0.25) is 0 Å². The van der Waals surface area contributed by atoms with Crippen molar-refractivity contribution >= 4 is 11.7 Å². The van der Waals surface area contributed by atoms with E-state index < -0.39 is 0 Å². The molecule has 2 rings (SSSR count). The maximum absolute atomic E-state index is 4.72. The zero-order chi connectivity index (χ0) is 13.0. The minimum absolute atomic E-state index is 0.882. The van der Waals surface area contributed by atoms with Crippen LogP contribution in [0.25, 0.3) is 0 Å². The molecular weight excluding hydrogens is 224 g/mol. The van der Waals surface area contributed by atoms with Crippen molar-refractivity contribution in [3.63, 3.8) is 0 Å². The molecule has 0 bridgehead atoms. The number of hydrogen-bond donors (Lipinski definition) is 0. The number of amidine groups is 1. The smallest absolute Gasteiger partial charge is 0.160 e. The predicted molar refractivity (Wildman–Crippen MR) is 74.4 cm³/mol. The van der Waals surface area contributed by atoms with E-state index in [-0.39, 0.29) is 0 Å². The summed E-state index contributed by atoms with van der Waals surface area (Å²) in [5.41, 5.74) is 2.47. The van der Waals surface area contributed by atoms with Gasteiger partial charge in [-0.15, -0.1) is 0 Å². The van der Waals surface area contributed by atoms with Gasteiger partial charge in [0.15, 0.2) is 5.82 Å². The number of fused-ring (bicyclic) bond motifs is 1. The van der Waals surface area contributed by atoms with Crippen molar-refractivity contribution in [1.29, 1.82) is 0 Å². The van der Waals surface area contributed by atoms with Crippen LogP contribution in [0, 0.1) is 0 Å². The van der Waals surface area contributed by atoms with E-state index in [0.717, 1.165) is 30.9 Å². The Morgan fingerprint density at radius 3 is 2.72 bits per heavy atom. The molecule has 0 fully saturated rings.